The fourth-order valence-electron chi connectivity index (χ4n) is 4.37. The van der Waals surface area contributed by atoms with E-state index in [2.05, 4.69) is 0 Å². The average molecular weight is 584 g/mol. The lowest BCUT2D eigenvalue weighted by atomic mass is 9.75. The third-order valence-corrected chi connectivity index (χ3v) is 6.12. The fraction of sp³-hybridized carbons (Fsp3) is 0.192. The highest BCUT2D eigenvalue weighted by Gasteiger charge is 2.47. The normalized spacial score (nSPS) is 13.9. The van der Waals surface area contributed by atoms with E-state index in [9.17, 15) is 50.9 Å². The number of carbonyl (C=O) groups is 3. The second kappa shape index (κ2) is 10.4. The summed E-state index contributed by atoms with van der Waals surface area (Å²) >= 11 is 0. The number of halogens is 6. The Bertz CT molecular complexity index is 1470. The number of anilines is 2. The zero-order valence-corrected chi connectivity index (χ0v) is 20.6. The minimum Gasteiger partial charge on any atom is -0.478 e. The van der Waals surface area contributed by atoms with E-state index in [0.717, 1.165) is 24.3 Å². The lowest BCUT2D eigenvalue weighted by Crippen LogP contribution is -2.37. The van der Waals surface area contributed by atoms with Crippen molar-refractivity contribution in [2.45, 2.75) is 24.9 Å². The molecule has 1 aliphatic heterocycles. The Balaban J connectivity index is 1.98. The number of carboxylic acid groups (broad SMARTS) is 1. The third kappa shape index (κ3) is 5.53. The third-order valence-electron chi connectivity index (χ3n) is 6.12. The fourth-order valence-corrected chi connectivity index (χ4v) is 4.37. The molecule has 0 saturated carbocycles. The summed E-state index contributed by atoms with van der Waals surface area (Å²) < 4.78 is 88.7. The second-order valence-corrected chi connectivity index (χ2v) is 8.72. The quantitative estimate of drug-likeness (QED) is 0.235. The number of aliphatic hydroxyl groups is 1. The van der Waals surface area contributed by atoms with Gasteiger partial charge in [0.25, 0.3) is 0 Å². The minimum atomic E-state index is -5.23. The highest BCUT2D eigenvalue weighted by atomic mass is 19.4. The van der Waals surface area contributed by atoms with Gasteiger partial charge in [0.15, 0.2) is 5.60 Å². The number of hydrogen-bond acceptors (Lipinski definition) is 6. The number of rotatable bonds is 6. The molecule has 4 N–H and O–H groups in total. The Labute approximate surface area is 226 Å². The minimum absolute atomic E-state index is 0.0433. The molecule has 0 saturated heterocycles. The smallest absolute Gasteiger partial charge is 0.471 e. The van der Waals surface area contributed by atoms with Crippen molar-refractivity contribution in [2.75, 3.05) is 17.4 Å². The maximum Gasteiger partial charge on any atom is 0.471 e. The molecule has 3 aromatic carbocycles. The first kappa shape index (κ1) is 29.4. The maximum absolute atomic E-state index is 12.8. The molecule has 0 aliphatic carbocycles. The van der Waals surface area contributed by atoms with Crippen LogP contribution in [0.25, 0.3) is 0 Å². The van der Waals surface area contributed by atoms with Crippen molar-refractivity contribution in [1.29, 1.82) is 0 Å². The van der Waals surface area contributed by atoms with E-state index in [0.29, 0.717) is 5.56 Å². The molecule has 1 aliphatic rings. The Hall–Kier alpha value is -4.63. The van der Waals surface area contributed by atoms with Gasteiger partial charge in [-0.05, 0) is 54.4 Å². The molecule has 0 radical (unpaired) electrons. The maximum atomic E-state index is 12.8. The number of aliphatic hydroxyl groups excluding tert-OH is 1. The number of alkyl halides is 6. The predicted molar refractivity (Wildman–Crippen MR) is 129 cm³/mol. The van der Waals surface area contributed by atoms with Crippen LogP contribution in [0.1, 0.15) is 32.6 Å². The molecule has 216 valence electrons. The number of aryl methyl sites for hydroxylation is 1. The molecule has 15 heteroatoms. The highest BCUT2D eigenvalue weighted by molar-refractivity contribution is 5.96. The first-order chi connectivity index (χ1) is 19.1. The predicted octanol–water partition coefficient (Wildman–Crippen LogP) is 5.06. The van der Waals surface area contributed by atoms with Crippen LogP contribution in [0, 0.1) is 6.92 Å². The molecule has 0 fully saturated rings. The number of fused-ring (bicyclic) bond motifs is 2. The van der Waals surface area contributed by atoms with E-state index in [1.165, 1.54) is 30.3 Å². The molecule has 0 atom stereocenters. The SMILES string of the molecule is Cc1ccc(C(=O)O)cc1C1(OCO)c2ccc(NC(=O)C(F)(F)F)cc2Oc2cc(NC(=O)C(F)(F)F)ccc21. The Morgan fingerprint density at radius 2 is 1.29 bits per heavy atom. The van der Waals surface area contributed by atoms with Crippen LogP contribution in [0.4, 0.5) is 37.7 Å². The van der Waals surface area contributed by atoms with Crippen molar-refractivity contribution in [3.8, 4) is 11.5 Å². The summed E-state index contributed by atoms with van der Waals surface area (Å²) in [4.78, 5) is 34.8. The standard InChI is InChI=1S/C26H18F6N2O7/c1-12-2-3-13(21(36)37)8-18(12)24(40-11-35)16-6-4-14(33-22(38)25(27,28)29)9-19(16)41-20-10-15(5-7-17(20)24)34-23(39)26(30,31)32/h2-10,35H,11H2,1H3,(H,33,38)(H,34,39)(H,36,37). The summed E-state index contributed by atoms with van der Waals surface area (Å²) in [6.07, 6.45) is -10.5. The molecule has 41 heavy (non-hydrogen) atoms. The van der Waals surface area contributed by atoms with Crippen LogP contribution in [0.2, 0.25) is 0 Å². The number of nitrogens with one attached hydrogen (secondary N) is 2. The van der Waals surface area contributed by atoms with Gasteiger partial charge < -0.3 is 30.3 Å². The molecule has 0 bridgehead atoms. The van der Waals surface area contributed by atoms with Gasteiger partial charge in [-0.2, -0.15) is 26.3 Å². The number of carboxylic acids is 1. The van der Waals surface area contributed by atoms with Gasteiger partial charge in [0.2, 0.25) is 0 Å². The van der Waals surface area contributed by atoms with Crippen molar-refractivity contribution < 1.29 is 60.4 Å². The summed E-state index contributed by atoms with van der Waals surface area (Å²) in [6.45, 7) is 0.586. The van der Waals surface area contributed by atoms with Gasteiger partial charge in [-0.25, -0.2) is 4.79 Å². The van der Waals surface area contributed by atoms with Crippen molar-refractivity contribution in [3.05, 3.63) is 82.4 Å². The number of amides is 2. The largest absolute Gasteiger partial charge is 0.478 e. The van der Waals surface area contributed by atoms with Crippen LogP contribution in [0.5, 0.6) is 11.5 Å². The number of ether oxygens (including phenoxy) is 2. The molecule has 0 aromatic heterocycles. The van der Waals surface area contributed by atoms with Gasteiger partial charge in [0.1, 0.15) is 18.3 Å². The molecule has 2 amide bonds. The lowest BCUT2D eigenvalue weighted by Gasteiger charge is -2.41. The van der Waals surface area contributed by atoms with E-state index < -0.39 is 42.5 Å². The van der Waals surface area contributed by atoms with Gasteiger partial charge in [-0.3, -0.25) is 9.59 Å². The Kier molecular flexibility index (Phi) is 7.45. The summed E-state index contributed by atoms with van der Waals surface area (Å²) in [7, 11) is 0. The van der Waals surface area contributed by atoms with Crippen LogP contribution in [-0.2, 0) is 19.9 Å². The van der Waals surface area contributed by atoms with Crippen molar-refractivity contribution >= 4 is 29.2 Å². The Morgan fingerprint density at radius 1 is 0.805 bits per heavy atom. The van der Waals surface area contributed by atoms with Gasteiger partial charge in [-0.1, -0.05) is 6.07 Å². The zero-order chi connectivity index (χ0) is 30.3. The van der Waals surface area contributed by atoms with Gasteiger partial charge in [-0.15, -0.1) is 0 Å². The van der Waals surface area contributed by atoms with Crippen LogP contribution in [-0.4, -0.2) is 47.1 Å². The van der Waals surface area contributed by atoms with E-state index in [1.54, 1.807) is 17.6 Å². The molecule has 0 unspecified atom stereocenters. The number of carbonyl (C=O) groups excluding carboxylic acids is 2. The van der Waals surface area contributed by atoms with Crippen LogP contribution < -0.4 is 15.4 Å². The molecular weight excluding hydrogens is 566 g/mol. The summed E-state index contributed by atoms with van der Waals surface area (Å²) in [5.74, 6) is -6.44. The molecule has 4 rings (SSSR count). The van der Waals surface area contributed by atoms with E-state index in [4.69, 9.17) is 9.47 Å². The monoisotopic (exact) mass is 584 g/mol. The summed E-state index contributed by atoms with van der Waals surface area (Å²) in [6, 6.07) is 10.5. The van der Waals surface area contributed by atoms with Crippen molar-refractivity contribution in [2.24, 2.45) is 0 Å². The molecule has 0 spiro atoms. The van der Waals surface area contributed by atoms with E-state index >= 15 is 0 Å². The summed E-state index contributed by atoms with van der Waals surface area (Å²) in [5, 5.41) is 22.8. The number of aromatic carboxylic acids is 1. The van der Waals surface area contributed by atoms with E-state index in [-0.39, 0.29) is 45.1 Å². The average Bonchev–Trinajstić information content (AvgIpc) is 2.87. The highest BCUT2D eigenvalue weighted by Crippen LogP contribution is 2.54. The lowest BCUT2D eigenvalue weighted by molar-refractivity contribution is -0.167. The topological polar surface area (TPSA) is 134 Å². The molecule has 3 aromatic rings. The first-order valence-electron chi connectivity index (χ1n) is 11.4. The zero-order valence-electron chi connectivity index (χ0n) is 20.6. The first-order valence-corrected chi connectivity index (χ1v) is 11.4. The summed E-state index contributed by atoms with van der Waals surface area (Å²) in [5.41, 5.74) is -2.25. The van der Waals surface area contributed by atoms with Crippen molar-refractivity contribution in [1.82, 2.24) is 0 Å². The number of benzene rings is 3. The molecule has 1 heterocycles. The molecule has 9 nitrogen and oxygen atoms in total. The van der Waals surface area contributed by atoms with Crippen LogP contribution >= 0.6 is 0 Å². The van der Waals surface area contributed by atoms with Gasteiger partial charge in [0, 0.05) is 34.6 Å². The number of hydrogen-bond donors (Lipinski definition) is 4. The van der Waals surface area contributed by atoms with Gasteiger partial charge >= 0.3 is 30.1 Å². The second-order valence-electron chi connectivity index (χ2n) is 8.72. The molecular formula is C26H18F6N2O7. The Morgan fingerprint density at radius 3 is 1.71 bits per heavy atom. The van der Waals surface area contributed by atoms with Crippen molar-refractivity contribution in [3.63, 3.8) is 0 Å². The van der Waals surface area contributed by atoms with Crippen LogP contribution in [0.15, 0.2) is 54.6 Å². The van der Waals surface area contributed by atoms with Crippen LogP contribution in [0.3, 0.4) is 0 Å². The van der Waals surface area contributed by atoms with E-state index in [1.807, 2.05) is 0 Å². The van der Waals surface area contributed by atoms with Gasteiger partial charge in [0.05, 0.1) is 5.56 Å².